The number of sulfone groups is 1. The monoisotopic (exact) mass is 458 g/mol. The third-order valence-electron chi connectivity index (χ3n) is 5.71. The largest absolute Gasteiger partial charge is 0.379 e. The van der Waals surface area contributed by atoms with Gasteiger partial charge >= 0.3 is 0 Å². The highest BCUT2D eigenvalue weighted by molar-refractivity contribution is 7.91. The minimum atomic E-state index is -3.73. The van der Waals surface area contributed by atoms with Crippen LogP contribution in [0, 0.1) is 6.92 Å². The summed E-state index contributed by atoms with van der Waals surface area (Å²) < 4.78 is 56.6. The number of aryl methyl sites for hydroxylation is 1. The van der Waals surface area contributed by atoms with Gasteiger partial charge in [-0.25, -0.2) is 16.8 Å². The van der Waals surface area contributed by atoms with Crippen LogP contribution < -0.4 is 0 Å². The Balaban J connectivity index is 1.92. The maximum Gasteiger partial charge on any atom is 0.254 e. The van der Waals surface area contributed by atoms with Gasteiger partial charge in [-0.1, -0.05) is 19.4 Å². The molecule has 8 nitrogen and oxygen atoms in total. The van der Waals surface area contributed by atoms with E-state index in [0.29, 0.717) is 37.3 Å². The van der Waals surface area contributed by atoms with Crippen molar-refractivity contribution in [2.45, 2.75) is 44.0 Å². The van der Waals surface area contributed by atoms with Crippen LogP contribution in [0.5, 0.6) is 0 Å². The Labute approximate surface area is 179 Å². The van der Waals surface area contributed by atoms with Gasteiger partial charge in [0.15, 0.2) is 9.84 Å². The van der Waals surface area contributed by atoms with E-state index in [2.05, 4.69) is 0 Å². The fourth-order valence-electron chi connectivity index (χ4n) is 3.88. The average Bonchev–Trinajstić information content (AvgIpc) is 3.08. The number of benzene rings is 1. The van der Waals surface area contributed by atoms with E-state index >= 15 is 0 Å². The number of hydrogen-bond acceptors (Lipinski definition) is 6. The third-order valence-corrected chi connectivity index (χ3v) is 9.35. The van der Waals surface area contributed by atoms with Gasteiger partial charge in [0.1, 0.15) is 0 Å². The van der Waals surface area contributed by atoms with Crippen LogP contribution in [0.15, 0.2) is 23.1 Å². The molecule has 2 fully saturated rings. The van der Waals surface area contributed by atoms with E-state index in [1.165, 1.54) is 16.4 Å². The topological polar surface area (TPSA) is 101 Å². The Morgan fingerprint density at radius 2 is 1.97 bits per heavy atom. The van der Waals surface area contributed by atoms with Gasteiger partial charge in [-0.15, -0.1) is 0 Å². The summed E-state index contributed by atoms with van der Waals surface area (Å²) in [5, 5.41) is 0. The lowest BCUT2D eigenvalue weighted by atomic mass is 10.1. The molecule has 3 rings (SSSR count). The van der Waals surface area contributed by atoms with Crippen molar-refractivity contribution in [1.82, 2.24) is 9.21 Å². The summed E-state index contributed by atoms with van der Waals surface area (Å²) in [6.07, 6.45) is 2.05. The molecule has 1 unspecified atom stereocenters. The van der Waals surface area contributed by atoms with E-state index < -0.39 is 19.9 Å². The summed E-state index contributed by atoms with van der Waals surface area (Å²) in [6.45, 7) is 5.48. The molecular weight excluding hydrogens is 428 g/mol. The van der Waals surface area contributed by atoms with Crippen molar-refractivity contribution in [3.8, 4) is 0 Å². The SMILES string of the molecule is CCCCN(C(=O)c1cc(S(=O)(=O)N2CCOCC2)ccc1C)C1CCS(=O)(=O)C1. The maximum atomic E-state index is 13.4. The molecule has 0 aliphatic carbocycles. The number of amides is 1. The van der Waals surface area contributed by atoms with Crippen LogP contribution in [0.3, 0.4) is 0 Å². The fraction of sp³-hybridized carbons (Fsp3) is 0.650. The number of carbonyl (C=O) groups is 1. The summed E-state index contributed by atoms with van der Waals surface area (Å²) in [7, 11) is -6.87. The molecule has 0 aromatic heterocycles. The van der Waals surface area contributed by atoms with Crippen molar-refractivity contribution in [2.24, 2.45) is 0 Å². The lowest BCUT2D eigenvalue weighted by Gasteiger charge is -2.29. The molecule has 0 N–H and O–H groups in total. The van der Waals surface area contributed by atoms with Gasteiger partial charge in [-0.2, -0.15) is 4.31 Å². The standard InChI is InChI=1S/C20H30N2O6S2/c1-3-4-8-22(17-7-13-29(24,25)15-17)20(23)19-14-18(6-5-16(19)2)30(26,27)21-9-11-28-12-10-21/h5-6,14,17H,3-4,7-13,15H2,1-2H3. The highest BCUT2D eigenvalue weighted by Crippen LogP contribution is 2.25. The number of hydrogen-bond donors (Lipinski definition) is 0. The van der Waals surface area contributed by atoms with Crippen molar-refractivity contribution >= 4 is 25.8 Å². The molecule has 168 valence electrons. The van der Waals surface area contributed by atoms with Crippen molar-refractivity contribution < 1.29 is 26.4 Å². The first-order chi connectivity index (χ1) is 14.2. The number of carbonyl (C=O) groups excluding carboxylic acids is 1. The Morgan fingerprint density at radius 3 is 2.57 bits per heavy atom. The summed E-state index contributed by atoms with van der Waals surface area (Å²) in [5.74, 6) is -0.257. The van der Waals surface area contributed by atoms with Crippen molar-refractivity contribution in [3.63, 3.8) is 0 Å². The molecule has 2 saturated heterocycles. The molecule has 1 amide bonds. The van der Waals surface area contributed by atoms with Crippen molar-refractivity contribution in [1.29, 1.82) is 0 Å². The maximum absolute atomic E-state index is 13.4. The zero-order valence-electron chi connectivity index (χ0n) is 17.5. The molecule has 0 spiro atoms. The Kier molecular flexibility index (Phi) is 7.21. The van der Waals surface area contributed by atoms with Crippen LogP contribution in [0.25, 0.3) is 0 Å². The van der Waals surface area contributed by atoms with E-state index in [0.717, 1.165) is 12.8 Å². The van der Waals surface area contributed by atoms with Crippen LogP contribution >= 0.6 is 0 Å². The molecule has 2 aliphatic heterocycles. The minimum Gasteiger partial charge on any atom is -0.379 e. The highest BCUT2D eigenvalue weighted by atomic mass is 32.2. The zero-order chi connectivity index (χ0) is 21.9. The molecule has 0 saturated carbocycles. The predicted octanol–water partition coefficient (Wildman–Crippen LogP) is 1.45. The highest BCUT2D eigenvalue weighted by Gasteiger charge is 2.35. The smallest absolute Gasteiger partial charge is 0.254 e. The van der Waals surface area contributed by atoms with Gasteiger partial charge in [-0.3, -0.25) is 4.79 Å². The second kappa shape index (κ2) is 9.33. The molecule has 10 heteroatoms. The second-order valence-corrected chi connectivity index (χ2v) is 12.1. The quantitative estimate of drug-likeness (QED) is 0.613. The van der Waals surface area contributed by atoms with Crippen LogP contribution in [-0.4, -0.2) is 82.3 Å². The van der Waals surface area contributed by atoms with Crippen LogP contribution in [-0.2, 0) is 24.6 Å². The van der Waals surface area contributed by atoms with E-state index in [1.54, 1.807) is 17.9 Å². The van der Waals surface area contributed by atoms with E-state index in [9.17, 15) is 21.6 Å². The summed E-state index contributed by atoms with van der Waals surface area (Å²) >= 11 is 0. The van der Waals surface area contributed by atoms with E-state index in [-0.39, 0.29) is 41.4 Å². The van der Waals surface area contributed by atoms with Crippen molar-refractivity contribution in [2.75, 3.05) is 44.4 Å². The lowest BCUT2D eigenvalue weighted by molar-refractivity contribution is 0.0692. The molecule has 2 aliphatic rings. The molecule has 2 heterocycles. The van der Waals surface area contributed by atoms with E-state index in [1.807, 2.05) is 6.92 Å². The van der Waals surface area contributed by atoms with Gasteiger partial charge in [0.25, 0.3) is 5.91 Å². The average molecular weight is 459 g/mol. The van der Waals surface area contributed by atoms with Gasteiger partial charge in [0.05, 0.1) is 29.6 Å². The minimum absolute atomic E-state index is 0.0345. The zero-order valence-corrected chi connectivity index (χ0v) is 19.2. The van der Waals surface area contributed by atoms with Crippen molar-refractivity contribution in [3.05, 3.63) is 29.3 Å². The molecule has 1 aromatic rings. The van der Waals surface area contributed by atoms with Crippen LogP contribution in [0.4, 0.5) is 0 Å². The summed E-state index contributed by atoms with van der Waals surface area (Å²) in [4.78, 5) is 15.1. The molecule has 30 heavy (non-hydrogen) atoms. The number of ether oxygens (including phenoxy) is 1. The number of rotatable bonds is 7. The molecule has 1 atom stereocenters. The molecule has 1 aromatic carbocycles. The molecule has 0 radical (unpaired) electrons. The number of sulfonamides is 1. The Bertz CT molecular complexity index is 985. The molecular formula is C20H30N2O6S2. The first kappa shape index (κ1) is 23.2. The predicted molar refractivity (Wildman–Crippen MR) is 114 cm³/mol. The lowest BCUT2D eigenvalue weighted by Crippen LogP contribution is -2.42. The first-order valence-corrected chi connectivity index (χ1v) is 13.6. The Hall–Kier alpha value is -1.49. The van der Waals surface area contributed by atoms with Gasteiger partial charge in [0, 0.05) is 31.2 Å². The van der Waals surface area contributed by atoms with Crippen LogP contribution in [0.2, 0.25) is 0 Å². The summed E-state index contributed by atoms with van der Waals surface area (Å²) in [5.41, 5.74) is 0.980. The van der Waals surface area contributed by atoms with Gasteiger partial charge in [0.2, 0.25) is 10.0 Å². The Morgan fingerprint density at radius 1 is 1.27 bits per heavy atom. The number of morpholine rings is 1. The second-order valence-electron chi connectivity index (χ2n) is 7.90. The molecule has 0 bridgehead atoms. The summed E-state index contributed by atoms with van der Waals surface area (Å²) in [6, 6.07) is 4.23. The number of nitrogens with zero attached hydrogens (tertiary/aromatic N) is 2. The van der Waals surface area contributed by atoms with E-state index in [4.69, 9.17) is 4.74 Å². The van der Waals surface area contributed by atoms with Gasteiger partial charge in [-0.05, 0) is 37.5 Å². The third kappa shape index (κ3) is 5.04. The first-order valence-electron chi connectivity index (χ1n) is 10.4. The number of unbranched alkanes of at least 4 members (excludes halogenated alkanes) is 1. The fourth-order valence-corrected chi connectivity index (χ4v) is 7.05. The van der Waals surface area contributed by atoms with Gasteiger partial charge < -0.3 is 9.64 Å². The van der Waals surface area contributed by atoms with Crippen LogP contribution in [0.1, 0.15) is 42.1 Å². The normalized spacial score (nSPS) is 22.1.